The van der Waals surface area contributed by atoms with Gasteiger partial charge >= 0.3 is 5.97 Å². The lowest BCUT2D eigenvalue weighted by molar-refractivity contribution is -0.139. The Balaban J connectivity index is 2.71. The molecule has 0 aliphatic carbocycles. The number of amides is 1. The van der Waals surface area contributed by atoms with Crippen molar-refractivity contribution < 1.29 is 14.7 Å². The molecule has 1 rings (SSSR count). The Morgan fingerprint density at radius 2 is 2.24 bits per heavy atom. The summed E-state index contributed by atoms with van der Waals surface area (Å²) in [5, 5.41) is 11.3. The second-order valence-electron chi connectivity index (χ2n) is 3.74. The van der Waals surface area contributed by atoms with Crippen molar-refractivity contribution in [1.29, 1.82) is 0 Å². The minimum atomic E-state index is -1.09. The van der Waals surface area contributed by atoms with E-state index in [0.717, 1.165) is 0 Å². The lowest BCUT2D eigenvalue weighted by Crippen LogP contribution is -2.41. The van der Waals surface area contributed by atoms with Crippen molar-refractivity contribution in [3.8, 4) is 0 Å². The summed E-state index contributed by atoms with van der Waals surface area (Å²) in [6.07, 6.45) is 1.68. The molecule has 1 aromatic rings. The molecule has 1 aromatic heterocycles. The van der Waals surface area contributed by atoms with E-state index in [0.29, 0.717) is 5.57 Å². The Morgan fingerprint density at radius 3 is 2.71 bits per heavy atom. The van der Waals surface area contributed by atoms with Crippen molar-refractivity contribution in [1.82, 2.24) is 10.3 Å². The van der Waals surface area contributed by atoms with Gasteiger partial charge in [0.2, 0.25) is 0 Å². The Bertz CT molecular complexity index is 429. The van der Waals surface area contributed by atoms with Crippen LogP contribution in [0.15, 0.2) is 36.5 Å². The Morgan fingerprint density at radius 1 is 1.53 bits per heavy atom. The topological polar surface area (TPSA) is 79.3 Å². The summed E-state index contributed by atoms with van der Waals surface area (Å²) in [4.78, 5) is 26.4. The van der Waals surface area contributed by atoms with Gasteiger partial charge in [-0.1, -0.05) is 11.6 Å². The molecule has 5 nitrogen and oxygen atoms in total. The maximum Gasteiger partial charge on any atom is 0.326 e. The number of hydrogen-bond donors (Lipinski definition) is 2. The number of hydrogen-bond acceptors (Lipinski definition) is 3. The number of carboxylic acid groups (broad SMARTS) is 1. The van der Waals surface area contributed by atoms with Gasteiger partial charge in [-0.25, -0.2) is 4.79 Å². The molecule has 1 heterocycles. The van der Waals surface area contributed by atoms with Crippen molar-refractivity contribution >= 4 is 11.9 Å². The van der Waals surface area contributed by atoms with E-state index in [9.17, 15) is 9.59 Å². The van der Waals surface area contributed by atoms with Gasteiger partial charge in [0.1, 0.15) is 11.7 Å². The van der Waals surface area contributed by atoms with E-state index < -0.39 is 17.9 Å². The van der Waals surface area contributed by atoms with E-state index in [2.05, 4.69) is 16.9 Å². The number of carbonyl (C=O) groups is 2. The number of nitrogens with one attached hydrogen (secondary N) is 1. The summed E-state index contributed by atoms with van der Waals surface area (Å²) < 4.78 is 0. The third-order valence-corrected chi connectivity index (χ3v) is 2.05. The summed E-state index contributed by atoms with van der Waals surface area (Å²) in [6, 6.07) is 3.90. The lowest BCUT2D eigenvalue weighted by Gasteiger charge is -2.13. The fourth-order valence-corrected chi connectivity index (χ4v) is 1.28. The van der Waals surface area contributed by atoms with E-state index in [4.69, 9.17) is 5.11 Å². The molecule has 0 bridgehead atoms. The van der Waals surface area contributed by atoms with Gasteiger partial charge in [0, 0.05) is 6.20 Å². The molecule has 1 atom stereocenters. The van der Waals surface area contributed by atoms with Crippen LogP contribution in [0.2, 0.25) is 0 Å². The zero-order chi connectivity index (χ0) is 12.8. The van der Waals surface area contributed by atoms with Crippen LogP contribution < -0.4 is 5.32 Å². The molecule has 0 aliphatic heterocycles. The van der Waals surface area contributed by atoms with Crippen LogP contribution in [0.4, 0.5) is 0 Å². The average molecular weight is 234 g/mol. The van der Waals surface area contributed by atoms with Gasteiger partial charge in [-0.3, -0.25) is 9.78 Å². The zero-order valence-electron chi connectivity index (χ0n) is 9.51. The van der Waals surface area contributed by atoms with Crippen LogP contribution in [0, 0.1) is 0 Å². The van der Waals surface area contributed by atoms with Crippen molar-refractivity contribution in [2.75, 3.05) is 0 Å². The number of rotatable bonds is 5. The highest BCUT2D eigenvalue weighted by Gasteiger charge is 2.20. The van der Waals surface area contributed by atoms with Crippen LogP contribution in [0.5, 0.6) is 0 Å². The van der Waals surface area contributed by atoms with Gasteiger partial charge in [-0.05, 0) is 25.5 Å². The van der Waals surface area contributed by atoms with Gasteiger partial charge in [0.15, 0.2) is 0 Å². The SMILES string of the molecule is C=C(C)C[C@H](NC(=O)c1ccccn1)C(=O)O. The van der Waals surface area contributed by atoms with E-state index in [1.807, 2.05) is 0 Å². The normalized spacial score (nSPS) is 11.6. The van der Waals surface area contributed by atoms with Crippen LogP contribution in [0.25, 0.3) is 0 Å². The minimum Gasteiger partial charge on any atom is -0.480 e. The molecule has 0 aromatic carbocycles. The minimum absolute atomic E-state index is 0.195. The summed E-state index contributed by atoms with van der Waals surface area (Å²) in [6.45, 7) is 5.34. The third kappa shape index (κ3) is 4.06. The molecule has 0 spiro atoms. The average Bonchev–Trinajstić information content (AvgIpc) is 2.28. The van der Waals surface area contributed by atoms with E-state index in [1.165, 1.54) is 12.3 Å². The first-order valence-electron chi connectivity index (χ1n) is 5.10. The molecule has 0 saturated heterocycles. The largest absolute Gasteiger partial charge is 0.480 e. The fourth-order valence-electron chi connectivity index (χ4n) is 1.28. The first kappa shape index (κ1) is 12.9. The summed E-state index contributed by atoms with van der Waals surface area (Å²) in [7, 11) is 0. The number of aliphatic carboxylic acids is 1. The number of carbonyl (C=O) groups excluding carboxylic acids is 1. The maximum absolute atomic E-state index is 11.7. The Kier molecular flexibility index (Phi) is 4.39. The molecule has 90 valence electrons. The number of pyridine rings is 1. The molecule has 1 amide bonds. The molecule has 0 unspecified atom stereocenters. The predicted molar refractivity (Wildman–Crippen MR) is 62.6 cm³/mol. The van der Waals surface area contributed by atoms with Crippen molar-refractivity contribution in [2.45, 2.75) is 19.4 Å². The van der Waals surface area contributed by atoms with Gasteiger partial charge in [0.25, 0.3) is 5.91 Å². The smallest absolute Gasteiger partial charge is 0.326 e. The van der Waals surface area contributed by atoms with Crippen LogP contribution >= 0.6 is 0 Å². The second-order valence-corrected chi connectivity index (χ2v) is 3.74. The van der Waals surface area contributed by atoms with Crippen molar-refractivity contribution in [2.24, 2.45) is 0 Å². The van der Waals surface area contributed by atoms with E-state index in [-0.39, 0.29) is 12.1 Å². The summed E-state index contributed by atoms with van der Waals surface area (Å²) in [5.41, 5.74) is 0.888. The third-order valence-electron chi connectivity index (χ3n) is 2.05. The van der Waals surface area contributed by atoms with Crippen LogP contribution in [0.3, 0.4) is 0 Å². The molecular weight excluding hydrogens is 220 g/mol. The highest BCUT2D eigenvalue weighted by molar-refractivity contribution is 5.94. The fraction of sp³-hybridized carbons (Fsp3) is 0.250. The zero-order valence-corrected chi connectivity index (χ0v) is 9.51. The first-order chi connectivity index (χ1) is 8.00. The standard InChI is InChI=1S/C12H14N2O3/c1-8(2)7-10(12(16)17)14-11(15)9-5-3-4-6-13-9/h3-6,10H,1,7H2,2H3,(H,14,15)(H,16,17)/t10-/m0/s1. The highest BCUT2D eigenvalue weighted by Crippen LogP contribution is 2.03. The van der Waals surface area contributed by atoms with E-state index in [1.54, 1.807) is 19.1 Å². The highest BCUT2D eigenvalue weighted by atomic mass is 16.4. The number of aromatic nitrogens is 1. The number of carboxylic acids is 1. The summed E-state index contributed by atoms with van der Waals surface area (Å²) in [5.74, 6) is -1.59. The van der Waals surface area contributed by atoms with Gasteiger partial charge < -0.3 is 10.4 Å². The molecule has 2 N–H and O–H groups in total. The van der Waals surface area contributed by atoms with Crippen molar-refractivity contribution in [3.05, 3.63) is 42.2 Å². The predicted octanol–water partition coefficient (Wildman–Crippen LogP) is 1.23. The quantitative estimate of drug-likeness (QED) is 0.751. The van der Waals surface area contributed by atoms with Crippen LogP contribution in [0.1, 0.15) is 23.8 Å². The molecule has 5 heteroatoms. The van der Waals surface area contributed by atoms with Crippen molar-refractivity contribution in [3.63, 3.8) is 0 Å². The van der Waals surface area contributed by atoms with Crippen LogP contribution in [-0.4, -0.2) is 28.0 Å². The Labute approximate surface area is 99.2 Å². The molecule has 0 saturated carbocycles. The molecule has 0 radical (unpaired) electrons. The molecule has 0 aliphatic rings. The lowest BCUT2D eigenvalue weighted by atomic mass is 10.1. The van der Waals surface area contributed by atoms with E-state index >= 15 is 0 Å². The summed E-state index contributed by atoms with van der Waals surface area (Å²) >= 11 is 0. The molecular formula is C12H14N2O3. The van der Waals surface area contributed by atoms with Gasteiger partial charge in [-0.2, -0.15) is 0 Å². The van der Waals surface area contributed by atoms with Crippen LogP contribution in [-0.2, 0) is 4.79 Å². The van der Waals surface area contributed by atoms with Gasteiger partial charge in [-0.15, -0.1) is 6.58 Å². The molecule has 17 heavy (non-hydrogen) atoms. The second kappa shape index (κ2) is 5.79. The molecule has 0 fully saturated rings. The van der Waals surface area contributed by atoms with Gasteiger partial charge in [0.05, 0.1) is 0 Å². The monoisotopic (exact) mass is 234 g/mol. The number of nitrogens with zero attached hydrogens (tertiary/aromatic N) is 1. The Hall–Kier alpha value is -2.17. The maximum atomic E-state index is 11.7. The first-order valence-corrected chi connectivity index (χ1v) is 5.10.